The van der Waals surface area contributed by atoms with Crippen LogP contribution in [0.1, 0.15) is 6.42 Å². The van der Waals surface area contributed by atoms with E-state index in [-0.39, 0.29) is 0 Å². The Labute approximate surface area is 124 Å². The largest absolute Gasteiger partial charge is 0.437 e. The van der Waals surface area contributed by atoms with Gasteiger partial charge in [-0.1, -0.05) is 0 Å². The highest BCUT2D eigenvalue weighted by Crippen LogP contribution is 2.23. The van der Waals surface area contributed by atoms with Gasteiger partial charge in [0.25, 0.3) is 0 Å². The van der Waals surface area contributed by atoms with Gasteiger partial charge in [-0.05, 0) is 58.3 Å². The molecule has 0 fully saturated rings. The zero-order chi connectivity index (χ0) is 15.5. The SMILES string of the molecule is C[N+](C)(C)CCC[Si](C)(C)O[Si](C)(C)O[Si](C)(C)C. The van der Waals surface area contributed by atoms with Crippen molar-refractivity contribution in [2.75, 3.05) is 27.7 Å². The van der Waals surface area contributed by atoms with Gasteiger partial charge in [-0.15, -0.1) is 0 Å². The maximum atomic E-state index is 6.50. The van der Waals surface area contributed by atoms with Crippen molar-refractivity contribution in [1.29, 1.82) is 0 Å². The van der Waals surface area contributed by atoms with Gasteiger partial charge in [-0.2, -0.15) is 0 Å². The molecule has 0 bridgehead atoms. The number of quaternary nitrogens is 1. The van der Waals surface area contributed by atoms with E-state index in [9.17, 15) is 0 Å². The van der Waals surface area contributed by atoms with Crippen molar-refractivity contribution in [2.24, 2.45) is 0 Å². The summed E-state index contributed by atoms with van der Waals surface area (Å²) in [6.07, 6.45) is 1.25. The molecular weight excluding hydrogens is 286 g/mol. The van der Waals surface area contributed by atoms with Crippen molar-refractivity contribution in [3.63, 3.8) is 0 Å². The molecule has 0 aliphatic carbocycles. The van der Waals surface area contributed by atoms with Crippen LogP contribution in [0.4, 0.5) is 0 Å². The normalized spacial score (nSPS) is 14.8. The molecular formula is C13H36NO2Si3+. The van der Waals surface area contributed by atoms with Crippen LogP contribution in [0.2, 0.25) is 51.9 Å². The number of hydrogen-bond acceptors (Lipinski definition) is 2. The van der Waals surface area contributed by atoms with E-state index >= 15 is 0 Å². The zero-order valence-electron chi connectivity index (χ0n) is 14.9. The smallest absolute Gasteiger partial charge is 0.311 e. The number of rotatable bonds is 8. The van der Waals surface area contributed by atoms with Crippen molar-refractivity contribution < 1.29 is 12.7 Å². The van der Waals surface area contributed by atoms with Gasteiger partial charge in [0.2, 0.25) is 0 Å². The van der Waals surface area contributed by atoms with E-state index < -0.39 is 25.2 Å². The van der Waals surface area contributed by atoms with Gasteiger partial charge >= 0.3 is 8.56 Å². The standard InChI is InChI=1S/C13H36NO2Si3/c1-14(2,3)12-11-13-18(7,8)16-19(9,10)15-17(4,5)6/h11-13H2,1-10H3/q+1. The lowest BCUT2D eigenvalue weighted by Gasteiger charge is -2.37. The molecule has 0 unspecified atom stereocenters. The van der Waals surface area contributed by atoms with Crippen LogP contribution in [0.5, 0.6) is 0 Å². The van der Waals surface area contributed by atoms with E-state index in [0.717, 1.165) is 4.48 Å². The first kappa shape index (κ1) is 19.5. The average molecular weight is 323 g/mol. The summed E-state index contributed by atoms with van der Waals surface area (Å²) in [6, 6.07) is 1.23. The summed E-state index contributed by atoms with van der Waals surface area (Å²) in [5, 5.41) is 0. The van der Waals surface area contributed by atoms with Gasteiger partial charge < -0.3 is 12.7 Å². The molecule has 116 valence electrons. The molecule has 0 aliphatic heterocycles. The van der Waals surface area contributed by atoms with Crippen molar-refractivity contribution in [1.82, 2.24) is 0 Å². The summed E-state index contributed by atoms with van der Waals surface area (Å²) in [4.78, 5) is 0. The zero-order valence-corrected chi connectivity index (χ0v) is 17.9. The van der Waals surface area contributed by atoms with E-state index in [1.165, 1.54) is 19.0 Å². The molecule has 0 N–H and O–H groups in total. The summed E-state index contributed by atoms with van der Waals surface area (Å²) >= 11 is 0. The van der Waals surface area contributed by atoms with Crippen LogP contribution in [0.15, 0.2) is 0 Å². The lowest BCUT2D eigenvalue weighted by Crippen LogP contribution is -2.51. The molecule has 0 rings (SSSR count). The second-order valence-corrected chi connectivity index (χ2v) is 21.3. The predicted octanol–water partition coefficient (Wildman–Crippen LogP) is 3.86. The summed E-state index contributed by atoms with van der Waals surface area (Å²) in [5.74, 6) is 0. The maximum absolute atomic E-state index is 6.50. The Kier molecular flexibility index (Phi) is 6.71. The number of hydrogen-bond donors (Lipinski definition) is 0. The highest BCUT2D eigenvalue weighted by atomic mass is 28.5. The van der Waals surface area contributed by atoms with Gasteiger partial charge in [-0.3, -0.25) is 0 Å². The lowest BCUT2D eigenvalue weighted by molar-refractivity contribution is -0.870. The van der Waals surface area contributed by atoms with Crippen molar-refractivity contribution >= 4 is 25.2 Å². The van der Waals surface area contributed by atoms with Crippen molar-refractivity contribution in [2.45, 2.75) is 58.3 Å². The fraction of sp³-hybridized carbons (Fsp3) is 1.00. The summed E-state index contributed by atoms with van der Waals surface area (Å²) < 4.78 is 13.8. The summed E-state index contributed by atoms with van der Waals surface area (Å²) in [6.45, 7) is 17.1. The number of nitrogens with zero attached hydrogens (tertiary/aromatic N) is 1. The minimum atomic E-state index is -1.95. The van der Waals surface area contributed by atoms with E-state index in [2.05, 4.69) is 67.0 Å². The van der Waals surface area contributed by atoms with Crippen LogP contribution >= 0.6 is 0 Å². The summed E-state index contributed by atoms with van der Waals surface area (Å²) in [5.41, 5.74) is 0. The Bertz CT molecular complexity index is 281. The Hall–Kier alpha value is 0.531. The van der Waals surface area contributed by atoms with Crippen molar-refractivity contribution in [3.8, 4) is 0 Å². The van der Waals surface area contributed by atoms with Crippen LogP contribution in [0.25, 0.3) is 0 Å². The highest BCUT2D eigenvalue weighted by Gasteiger charge is 2.37. The molecule has 0 spiro atoms. The Morgan fingerprint density at radius 2 is 1.26 bits per heavy atom. The van der Waals surface area contributed by atoms with Gasteiger partial charge in [0, 0.05) is 0 Å². The molecule has 0 atom stereocenters. The lowest BCUT2D eigenvalue weighted by atomic mass is 10.4. The topological polar surface area (TPSA) is 18.5 Å². The maximum Gasteiger partial charge on any atom is 0.311 e. The Morgan fingerprint density at radius 1 is 0.789 bits per heavy atom. The van der Waals surface area contributed by atoms with Crippen LogP contribution < -0.4 is 0 Å². The highest BCUT2D eigenvalue weighted by molar-refractivity contribution is 6.87. The molecule has 0 amide bonds. The first-order valence-corrected chi connectivity index (χ1v) is 16.7. The first-order valence-electron chi connectivity index (χ1n) is 7.33. The van der Waals surface area contributed by atoms with Crippen LogP contribution in [-0.2, 0) is 8.23 Å². The minimum Gasteiger partial charge on any atom is -0.437 e. The van der Waals surface area contributed by atoms with Crippen LogP contribution in [0, 0.1) is 0 Å². The molecule has 6 heteroatoms. The molecule has 0 aromatic heterocycles. The van der Waals surface area contributed by atoms with Crippen LogP contribution in [-0.4, -0.2) is 57.4 Å². The van der Waals surface area contributed by atoms with Crippen LogP contribution in [0.3, 0.4) is 0 Å². The average Bonchev–Trinajstić information content (AvgIpc) is 1.90. The van der Waals surface area contributed by atoms with E-state index in [1.54, 1.807) is 0 Å². The minimum absolute atomic E-state index is 1.04. The first-order chi connectivity index (χ1) is 8.12. The van der Waals surface area contributed by atoms with Crippen molar-refractivity contribution in [3.05, 3.63) is 0 Å². The molecule has 0 saturated carbocycles. The molecule has 3 nitrogen and oxygen atoms in total. The second-order valence-electron chi connectivity index (χ2n) is 8.59. The Balaban J connectivity index is 4.35. The molecule has 0 saturated heterocycles. The van der Waals surface area contributed by atoms with Gasteiger partial charge in [0.05, 0.1) is 27.7 Å². The fourth-order valence-corrected chi connectivity index (χ4v) is 15.6. The van der Waals surface area contributed by atoms with Gasteiger partial charge in [0.15, 0.2) is 16.6 Å². The van der Waals surface area contributed by atoms with E-state index in [1.807, 2.05) is 0 Å². The van der Waals surface area contributed by atoms with E-state index in [4.69, 9.17) is 8.23 Å². The molecule has 0 aromatic carbocycles. The predicted molar refractivity (Wildman–Crippen MR) is 92.8 cm³/mol. The Morgan fingerprint density at radius 3 is 1.63 bits per heavy atom. The molecule has 0 aliphatic rings. The molecule has 19 heavy (non-hydrogen) atoms. The van der Waals surface area contributed by atoms with Gasteiger partial charge in [0.1, 0.15) is 0 Å². The molecule has 0 radical (unpaired) electrons. The third kappa shape index (κ3) is 12.0. The quantitative estimate of drug-likeness (QED) is 0.499. The summed E-state index contributed by atoms with van der Waals surface area (Å²) in [7, 11) is 1.72. The molecule has 0 heterocycles. The monoisotopic (exact) mass is 322 g/mol. The molecule has 0 aromatic rings. The third-order valence-corrected chi connectivity index (χ3v) is 12.8. The van der Waals surface area contributed by atoms with E-state index in [0.29, 0.717) is 0 Å². The van der Waals surface area contributed by atoms with Gasteiger partial charge in [-0.25, -0.2) is 0 Å². The second kappa shape index (κ2) is 6.53. The third-order valence-electron chi connectivity index (χ3n) is 2.68. The fourth-order valence-electron chi connectivity index (χ4n) is 2.45.